The third-order valence-electron chi connectivity index (χ3n) is 0. The van der Waals surface area contributed by atoms with E-state index in [9.17, 15) is 0 Å². The first kappa shape index (κ1) is 31.3. The summed E-state index contributed by atoms with van der Waals surface area (Å²) in [5.41, 5.74) is 0. The number of phosphoric acid groups is 1. The second kappa shape index (κ2) is 12.2. The standard InChI is InChI=1S/Al.3ClH.H3O4P/c;;;;1-5(2,3)4/h;3*1H;(H3,1,2,3,4)/q+3;;;;/p-3. The normalized spacial score (nSPS) is 6.56. The molecule has 0 saturated carbocycles. The van der Waals surface area contributed by atoms with Crippen molar-refractivity contribution in [2.45, 2.75) is 0 Å². The Morgan fingerprint density at radius 1 is 0.889 bits per heavy atom. The van der Waals surface area contributed by atoms with Crippen molar-refractivity contribution in [3.05, 3.63) is 0 Å². The zero-order valence-corrected chi connectivity index (χ0v) is 8.23. The van der Waals surface area contributed by atoms with Gasteiger partial charge >= 0.3 is 25.2 Å². The van der Waals surface area contributed by atoms with Crippen LogP contribution in [0, 0.1) is 0 Å². The topological polar surface area (TPSA) is 77.8 Å². The van der Waals surface area contributed by atoms with Crippen molar-refractivity contribution in [2.24, 2.45) is 0 Å². The Balaban J connectivity index is -0.0000000133. The molecule has 9 heteroatoms. The molecule has 0 spiro atoms. The molecule has 56 valence electrons. The van der Waals surface area contributed by atoms with Gasteiger partial charge in [0, 0.05) is 0 Å². The summed E-state index contributed by atoms with van der Waals surface area (Å²) < 4.78 is 8.88. The third-order valence-corrected chi connectivity index (χ3v) is 0. The molecule has 9 heavy (non-hydrogen) atoms. The molecule has 0 fully saturated rings. The molecule has 0 aliphatic heterocycles. The van der Waals surface area contributed by atoms with Gasteiger partial charge in [-0.1, -0.05) is 0 Å². The predicted octanol–water partition coefficient (Wildman–Crippen LogP) is -10.3. The molecular weight excluding hydrogens is 228 g/mol. The van der Waals surface area contributed by atoms with E-state index < -0.39 is 7.82 Å². The van der Waals surface area contributed by atoms with Crippen LogP contribution in [0.2, 0.25) is 0 Å². The van der Waals surface area contributed by atoms with Gasteiger partial charge in [-0.2, -0.15) is 0 Å². The molecule has 4 nitrogen and oxygen atoms in total. The molecule has 0 saturated heterocycles. The maximum atomic E-state index is 8.88. The first-order valence-corrected chi connectivity index (χ1v) is 2.35. The average Bonchev–Trinajstić information content (AvgIpc) is 0.722. The van der Waals surface area contributed by atoms with Gasteiger partial charge in [0.2, 0.25) is 0 Å². The van der Waals surface area contributed by atoms with E-state index >= 15 is 0 Å². The summed E-state index contributed by atoms with van der Waals surface area (Å²) >= 11 is 0. The fourth-order valence-electron chi connectivity index (χ4n) is 0. The van der Waals surface area contributed by atoms with Gasteiger partial charge in [-0.25, -0.2) is 4.57 Å². The van der Waals surface area contributed by atoms with E-state index in [2.05, 4.69) is 0 Å². The maximum absolute atomic E-state index is 8.88. The second-order valence-corrected chi connectivity index (χ2v) is 1.54. The largest absolute Gasteiger partial charge is 3.00 e. The van der Waals surface area contributed by atoms with E-state index in [0.717, 1.165) is 0 Å². The predicted molar refractivity (Wildman–Crippen MR) is 20.0 cm³/mol. The van der Waals surface area contributed by atoms with E-state index in [1.807, 2.05) is 0 Å². The van der Waals surface area contributed by atoms with Gasteiger partial charge in [-0.15, -0.1) is 0 Å². The molecule has 0 aromatic rings. The Hall–Kier alpha value is 1.51. The first-order chi connectivity index (χ1) is 2.00. The van der Waals surface area contributed by atoms with Gasteiger partial charge in [0.25, 0.3) is 0 Å². The Morgan fingerprint density at radius 3 is 0.889 bits per heavy atom. The fourth-order valence-corrected chi connectivity index (χ4v) is 0. The summed E-state index contributed by atoms with van der Waals surface area (Å²) in [5.74, 6) is 0. The summed E-state index contributed by atoms with van der Waals surface area (Å²) in [4.78, 5) is 21.6. The molecule has 0 radical (unpaired) electrons. The van der Waals surface area contributed by atoms with Crippen molar-refractivity contribution in [2.75, 3.05) is 0 Å². The smallest absolute Gasteiger partial charge is 1.00 e. The van der Waals surface area contributed by atoms with Crippen LogP contribution in [0.5, 0.6) is 0 Å². The van der Waals surface area contributed by atoms with E-state index in [0.29, 0.717) is 0 Å². The first-order valence-electron chi connectivity index (χ1n) is 0.783. The third kappa shape index (κ3) is 235. The summed E-state index contributed by atoms with van der Waals surface area (Å²) in [6, 6.07) is 0. The minimum atomic E-state index is -4.64. The van der Waals surface area contributed by atoms with Crippen LogP contribution in [0.4, 0.5) is 0 Å². The molecule has 0 aromatic heterocycles. The van der Waals surface area contributed by atoms with Crippen molar-refractivity contribution in [3.8, 4) is 0 Å². The Morgan fingerprint density at radius 2 is 0.889 bits per heavy atom. The van der Waals surface area contributed by atoms with E-state index in [-0.39, 0.29) is 54.6 Å². The molecule has 0 atom stereocenters. The molecule has 0 heterocycles. The van der Waals surface area contributed by atoms with Gasteiger partial charge in [-0.3, -0.25) is 0 Å². The molecule has 0 aromatic carbocycles. The van der Waals surface area contributed by atoms with Crippen molar-refractivity contribution in [1.29, 1.82) is 0 Å². The quantitative estimate of drug-likeness (QED) is 0.286. The minimum Gasteiger partial charge on any atom is -1.00 e. The summed E-state index contributed by atoms with van der Waals surface area (Å²) in [6.45, 7) is 0. The Bertz CT molecular complexity index is 61.9. The van der Waals surface area contributed by atoms with Crippen LogP contribution in [0.25, 0.3) is 0 Å². The van der Waals surface area contributed by atoms with Gasteiger partial charge in [0.15, 0.2) is 0 Å². The Kier molecular flexibility index (Phi) is 42.5. The van der Waals surface area contributed by atoms with E-state index in [1.165, 1.54) is 0 Å². The van der Waals surface area contributed by atoms with Crippen molar-refractivity contribution >= 4 is 25.2 Å². The minimum absolute atomic E-state index is 0. The van der Waals surface area contributed by atoms with Crippen molar-refractivity contribution in [1.82, 2.24) is 0 Å². The fraction of sp³-hybridized carbons (Fsp3) is 0. The van der Waals surface area contributed by atoms with Crippen molar-refractivity contribution in [3.63, 3.8) is 0 Å². The molecule has 0 aliphatic carbocycles. The van der Waals surface area contributed by atoms with Gasteiger partial charge < -0.3 is 51.9 Å². The molecular formula is H3AlCl3O4P. The van der Waals surface area contributed by atoms with E-state index in [1.54, 1.807) is 0 Å². The SMILES string of the molecule is O=P(O)(O)O.[Al+3].[Cl-].[Cl-].[Cl-]. The number of rotatable bonds is 0. The molecule has 0 bridgehead atoms. The number of hydrogen-bond acceptors (Lipinski definition) is 1. The van der Waals surface area contributed by atoms with Crippen LogP contribution >= 0.6 is 7.82 Å². The van der Waals surface area contributed by atoms with Crippen LogP contribution in [-0.2, 0) is 4.57 Å². The average molecular weight is 231 g/mol. The molecule has 0 rings (SSSR count). The maximum Gasteiger partial charge on any atom is 3.00 e. The van der Waals surface area contributed by atoms with Crippen LogP contribution in [-0.4, -0.2) is 32.0 Å². The molecule has 0 amide bonds. The summed E-state index contributed by atoms with van der Waals surface area (Å²) in [6.07, 6.45) is 0. The van der Waals surface area contributed by atoms with Crippen LogP contribution < -0.4 is 37.2 Å². The molecule has 3 N–H and O–H groups in total. The monoisotopic (exact) mass is 230 g/mol. The Labute approximate surface area is 81.6 Å². The molecule has 0 unspecified atom stereocenters. The van der Waals surface area contributed by atoms with Crippen LogP contribution in [0.3, 0.4) is 0 Å². The summed E-state index contributed by atoms with van der Waals surface area (Å²) in [5, 5.41) is 0. The zero-order valence-electron chi connectivity index (χ0n) is 3.91. The van der Waals surface area contributed by atoms with Crippen LogP contribution in [0.15, 0.2) is 0 Å². The van der Waals surface area contributed by atoms with Gasteiger partial charge in [-0.05, 0) is 0 Å². The van der Waals surface area contributed by atoms with E-state index in [4.69, 9.17) is 19.2 Å². The zero-order chi connectivity index (χ0) is 4.50. The number of halogens is 3. The molecule has 0 aliphatic rings. The van der Waals surface area contributed by atoms with Gasteiger partial charge in [0.05, 0.1) is 0 Å². The number of hydrogen-bond donors (Lipinski definition) is 3. The van der Waals surface area contributed by atoms with Gasteiger partial charge in [0.1, 0.15) is 0 Å². The van der Waals surface area contributed by atoms with Crippen LogP contribution in [0.1, 0.15) is 0 Å². The second-order valence-electron chi connectivity index (χ2n) is 0.513. The summed E-state index contributed by atoms with van der Waals surface area (Å²) in [7, 11) is -4.64. The van der Waals surface area contributed by atoms with Crippen molar-refractivity contribution < 1.29 is 56.5 Å².